The van der Waals surface area contributed by atoms with Crippen molar-refractivity contribution < 1.29 is 0 Å². The standard InChI is InChI=1S/C45H25N5/c46-26-29-8-7-9-32(20-29)33-23-34(36-10-1-4-13-41(36)50-42-14-5-2-11-37(42)38-12-3-6-15-43(38)50)25-35(24-33)49-44-18-16-30(27-47)21-39(44)40-22-31(28-48)17-19-45(40)49/h1-25H. The summed E-state index contributed by atoms with van der Waals surface area (Å²) in [4.78, 5) is 0. The summed E-state index contributed by atoms with van der Waals surface area (Å²) >= 11 is 0. The molecule has 7 aromatic carbocycles. The lowest BCUT2D eigenvalue weighted by atomic mass is 9.96. The molecule has 0 unspecified atom stereocenters. The molecule has 0 spiro atoms. The van der Waals surface area contributed by atoms with Gasteiger partial charge in [-0.2, -0.15) is 15.8 Å². The van der Waals surface area contributed by atoms with Crippen LogP contribution in [-0.2, 0) is 0 Å². The Morgan fingerprint density at radius 1 is 0.360 bits per heavy atom. The Kier molecular flexibility index (Phi) is 6.56. The number of rotatable bonds is 4. The molecule has 0 bridgehead atoms. The molecular formula is C45H25N5. The molecule has 9 rings (SSSR count). The molecular weight excluding hydrogens is 611 g/mol. The van der Waals surface area contributed by atoms with Crippen LogP contribution in [0.5, 0.6) is 0 Å². The number of nitriles is 3. The lowest BCUT2D eigenvalue weighted by Crippen LogP contribution is -1.99. The fourth-order valence-corrected chi connectivity index (χ4v) is 7.37. The van der Waals surface area contributed by atoms with Crippen LogP contribution >= 0.6 is 0 Å². The highest BCUT2D eigenvalue weighted by atomic mass is 15.0. The smallest absolute Gasteiger partial charge is 0.0991 e. The molecule has 0 radical (unpaired) electrons. The van der Waals surface area contributed by atoms with Crippen LogP contribution in [0.1, 0.15) is 16.7 Å². The van der Waals surface area contributed by atoms with Gasteiger partial charge in [0.15, 0.2) is 0 Å². The maximum atomic E-state index is 9.78. The molecule has 0 aliphatic carbocycles. The van der Waals surface area contributed by atoms with Crippen molar-refractivity contribution in [2.75, 3.05) is 0 Å². The fraction of sp³-hybridized carbons (Fsp3) is 0. The van der Waals surface area contributed by atoms with Gasteiger partial charge in [-0.3, -0.25) is 0 Å². The third-order valence-electron chi connectivity index (χ3n) is 9.56. The van der Waals surface area contributed by atoms with E-state index in [4.69, 9.17) is 0 Å². The quantitative estimate of drug-likeness (QED) is 0.193. The van der Waals surface area contributed by atoms with E-state index >= 15 is 0 Å². The monoisotopic (exact) mass is 635 g/mol. The van der Waals surface area contributed by atoms with Gasteiger partial charge in [-0.25, -0.2) is 0 Å². The minimum Gasteiger partial charge on any atom is -0.309 e. The minimum absolute atomic E-state index is 0.557. The average Bonchev–Trinajstić information content (AvgIpc) is 3.69. The molecule has 0 saturated carbocycles. The number of aromatic nitrogens is 2. The van der Waals surface area contributed by atoms with Gasteiger partial charge in [0, 0.05) is 32.8 Å². The summed E-state index contributed by atoms with van der Waals surface area (Å²) in [7, 11) is 0. The van der Waals surface area contributed by atoms with Crippen LogP contribution in [0.4, 0.5) is 0 Å². The molecule has 0 N–H and O–H groups in total. The Morgan fingerprint density at radius 3 is 1.54 bits per heavy atom. The summed E-state index contributed by atoms with van der Waals surface area (Å²) in [6.07, 6.45) is 0. The van der Waals surface area contributed by atoms with Gasteiger partial charge in [0.2, 0.25) is 0 Å². The minimum atomic E-state index is 0.557. The first-order valence-corrected chi connectivity index (χ1v) is 16.3. The summed E-state index contributed by atoms with van der Waals surface area (Å²) in [5.74, 6) is 0. The molecule has 230 valence electrons. The van der Waals surface area contributed by atoms with Crippen molar-refractivity contribution >= 4 is 43.6 Å². The van der Waals surface area contributed by atoms with E-state index in [1.54, 1.807) is 0 Å². The topological polar surface area (TPSA) is 81.2 Å². The van der Waals surface area contributed by atoms with E-state index in [1.165, 1.54) is 10.8 Å². The average molecular weight is 636 g/mol. The van der Waals surface area contributed by atoms with Crippen LogP contribution in [0, 0.1) is 34.0 Å². The normalized spacial score (nSPS) is 11.1. The van der Waals surface area contributed by atoms with E-state index in [9.17, 15) is 15.8 Å². The second kappa shape index (κ2) is 11.4. The zero-order valence-electron chi connectivity index (χ0n) is 26.7. The lowest BCUT2D eigenvalue weighted by Gasteiger charge is -2.17. The first-order valence-electron chi connectivity index (χ1n) is 16.3. The summed E-state index contributed by atoms with van der Waals surface area (Å²) in [5.41, 5.74) is 11.7. The van der Waals surface area contributed by atoms with Gasteiger partial charge in [0.05, 0.1) is 62.7 Å². The van der Waals surface area contributed by atoms with Crippen LogP contribution in [0.25, 0.3) is 77.2 Å². The predicted octanol–water partition coefficient (Wildman–Crippen LogP) is 10.8. The van der Waals surface area contributed by atoms with E-state index < -0.39 is 0 Å². The van der Waals surface area contributed by atoms with E-state index in [1.807, 2.05) is 60.7 Å². The SMILES string of the molecule is N#Cc1cccc(-c2cc(-c3ccccc3-n3c4ccccc4c4ccccc43)cc(-n3c4ccc(C#N)cc4c4cc(C#N)ccc43)c2)c1. The number of nitrogens with zero attached hydrogens (tertiary/aromatic N) is 5. The lowest BCUT2D eigenvalue weighted by molar-refractivity contribution is 1.17. The van der Waals surface area contributed by atoms with E-state index in [-0.39, 0.29) is 0 Å². The summed E-state index contributed by atoms with van der Waals surface area (Å²) in [5, 5.41) is 33.5. The largest absolute Gasteiger partial charge is 0.309 e. The van der Waals surface area contributed by atoms with Crippen molar-refractivity contribution in [3.8, 4) is 51.8 Å². The zero-order chi connectivity index (χ0) is 33.8. The first-order chi connectivity index (χ1) is 24.6. The summed E-state index contributed by atoms with van der Waals surface area (Å²) in [6, 6.07) is 58.0. The molecule has 0 aliphatic rings. The molecule has 2 aromatic heterocycles. The van der Waals surface area contributed by atoms with E-state index in [0.717, 1.165) is 66.5 Å². The molecule has 0 saturated heterocycles. The van der Waals surface area contributed by atoms with Gasteiger partial charge in [-0.05, 0) is 102 Å². The predicted molar refractivity (Wildman–Crippen MR) is 200 cm³/mol. The molecule has 9 aromatic rings. The molecule has 5 heteroatoms. The number of hydrogen-bond acceptors (Lipinski definition) is 3. The number of para-hydroxylation sites is 3. The third-order valence-corrected chi connectivity index (χ3v) is 9.56. The Labute approximate surface area is 287 Å². The Balaban J connectivity index is 1.37. The van der Waals surface area contributed by atoms with Gasteiger partial charge in [0.25, 0.3) is 0 Å². The Morgan fingerprint density at radius 2 is 0.900 bits per heavy atom. The van der Waals surface area contributed by atoms with Crippen molar-refractivity contribution in [1.29, 1.82) is 15.8 Å². The number of fused-ring (bicyclic) bond motifs is 6. The molecule has 50 heavy (non-hydrogen) atoms. The van der Waals surface area contributed by atoms with Gasteiger partial charge in [-0.1, -0.05) is 66.7 Å². The second-order valence-electron chi connectivity index (χ2n) is 12.4. The number of hydrogen-bond donors (Lipinski definition) is 0. The first kappa shape index (κ1) is 28.8. The van der Waals surface area contributed by atoms with Crippen LogP contribution in [0.3, 0.4) is 0 Å². The highest BCUT2D eigenvalue weighted by molar-refractivity contribution is 6.11. The van der Waals surface area contributed by atoms with Crippen molar-refractivity contribution in [3.63, 3.8) is 0 Å². The van der Waals surface area contributed by atoms with Crippen molar-refractivity contribution in [2.45, 2.75) is 0 Å². The van der Waals surface area contributed by atoms with Crippen LogP contribution in [0.2, 0.25) is 0 Å². The second-order valence-corrected chi connectivity index (χ2v) is 12.4. The maximum absolute atomic E-state index is 9.78. The molecule has 2 heterocycles. The van der Waals surface area contributed by atoms with Crippen molar-refractivity contribution in [2.24, 2.45) is 0 Å². The fourth-order valence-electron chi connectivity index (χ4n) is 7.37. The van der Waals surface area contributed by atoms with Crippen LogP contribution in [-0.4, -0.2) is 9.13 Å². The summed E-state index contributed by atoms with van der Waals surface area (Å²) < 4.78 is 4.55. The molecule has 0 fully saturated rings. The van der Waals surface area contributed by atoms with Gasteiger partial charge < -0.3 is 9.13 Å². The van der Waals surface area contributed by atoms with Crippen molar-refractivity contribution in [1.82, 2.24) is 9.13 Å². The molecule has 0 atom stereocenters. The van der Waals surface area contributed by atoms with Gasteiger partial charge in [-0.15, -0.1) is 0 Å². The highest BCUT2D eigenvalue weighted by Crippen LogP contribution is 2.40. The van der Waals surface area contributed by atoms with Crippen molar-refractivity contribution in [3.05, 3.63) is 168 Å². The van der Waals surface area contributed by atoms with Gasteiger partial charge >= 0.3 is 0 Å². The number of benzene rings is 7. The summed E-state index contributed by atoms with van der Waals surface area (Å²) in [6.45, 7) is 0. The van der Waals surface area contributed by atoms with E-state index in [0.29, 0.717) is 16.7 Å². The molecule has 0 amide bonds. The Bertz CT molecular complexity index is 2850. The third kappa shape index (κ3) is 4.45. The molecule has 0 aliphatic heterocycles. The van der Waals surface area contributed by atoms with Crippen LogP contribution in [0.15, 0.2) is 152 Å². The van der Waals surface area contributed by atoms with Gasteiger partial charge in [0.1, 0.15) is 0 Å². The Hall–Kier alpha value is -7.39. The van der Waals surface area contributed by atoms with E-state index in [2.05, 4.69) is 118 Å². The van der Waals surface area contributed by atoms with Crippen LogP contribution < -0.4 is 0 Å². The molecule has 5 nitrogen and oxygen atoms in total. The highest BCUT2D eigenvalue weighted by Gasteiger charge is 2.19. The zero-order valence-corrected chi connectivity index (χ0v) is 26.7. The maximum Gasteiger partial charge on any atom is 0.0991 e.